The van der Waals surface area contributed by atoms with E-state index in [-0.39, 0.29) is 18.5 Å². The number of carboxylic acid groups (broad SMARTS) is 1. The topological polar surface area (TPSA) is 107 Å². The number of halogens is 1. The average Bonchev–Trinajstić information content (AvgIpc) is 2.32. The van der Waals surface area contributed by atoms with Gasteiger partial charge in [-0.3, -0.25) is 0 Å². The van der Waals surface area contributed by atoms with E-state index >= 15 is 0 Å². The van der Waals surface area contributed by atoms with Gasteiger partial charge in [0, 0.05) is 18.5 Å². The Morgan fingerprint density at radius 3 is 2.68 bits per heavy atom. The van der Waals surface area contributed by atoms with Crippen LogP contribution < -0.4 is 4.72 Å². The zero-order chi connectivity index (χ0) is 14.6. The summed E-state index contributed by atoms with van der Waals surface area (Å²) in [5, 5.41) is 17.1. The third-order valence-electron chi connectivity index (χ3n) is 2.36. The van der Waals surface area contributed by atoms with Crippen molar-refractivity contribution in [3.05, 3.63) is 29.1 Å². The van der Waals surface area contributed by atoms with Crippen LogP contribution >= 0.6 is 0 Å². The smallest absolute Gasteiger partial charge is 0.335 e. The maximum Gasteiger partial charge on any atom is 0.335 e. The molecule has 0 fully saturated rings. The molecule has 0 heterocycles. The Balaban J connectivity index is 3.26. The van der Waals surface area contributed by atoms with Crippen LogP contribution in [0.2, 0.25) is 0 Å². The van der Waals surface area contributed by atoms with Gasteiger partial charge in [-0.25, -0.2) is 22.3 Å². The van der Waals surface area contributed by atoms with Crippen LogP contribution in [0.1, 0.15) is 22.3 Å². The van der Waals surface area contributed by atoms with E-state index in [1.807, 2.05) is 0 Å². The minimum atomic E-state index is -4.05. The molecular weight excluding hydrogens is 275 g/mol. The number of hydrogen-bond acceptors (Lipinski definition) is 4. The molecule has 0 spiro atoms. The van der Waals surface area contributed by atoms with Crippen molar-refractivity contribution in [3.63, 3.8) is 0 Å². The van der Waals surface area contributed by atoms with Gasteiger partial charge < -0.3 is 5.11 Å². The molecule has 0 bridgehead atoms. The van der Waals surface area contributed by atoms with E-state index in [0.29, 0.717) is 0 Å². The Hall–Kier alpha value is -1.98. The largest absolute Gasteiger partial charge is 0.478 e. The lowest BCUT2D eigenvalue weighted by Gasteiger charge is -2.10. The fourth-order valence-electron chi connectivity index (χ4n) is 1.38. The van der Waals surface area contributed by atoms with Crippen molar-refractivity contribution in [2.24, 2.45) is 0 Å². The van der Waals surface area contributed by atoms with Crippen molar-refractivity contribution in [1.29, 1.82) is 5.26 Å². The molecule has 1 aromatic carbocycles. The van der Waals surface area contributed by atoms with Gasteiger partial charge in [-0.2, -0.15) is 5.26 Å². The number of sulfonamides is 1. The molecule has 19 heavy (non-hydrogen) atoms. The van der Waals surface area contributed by atoms with Gasteiger partial charge in [-0.1, -0.05) is 0 Å². The lowest BCUT2D eigenvalue weighted by atomic mass is 10.1. The molecule has 0 aliphatic carbocycles. The fraction of sp³-hybridized carbons (Fsp3) is 0.273. The fourth-order valence-corrected chi connectivity index (χ4v) is 2.68. The number of carboxylic acids is 1. The summed E-state index contributed by atoms with van der Waals surface area (Å²) < 4.78 is 39.4. The molecule has 6 nitrogen and oxygen atoms in total. The van der Waals surface area contributed by atoms with Crippen molar-refractivity contribution < 1.29 is 22.7 Å². The highest BCUT2D eigenvalue weighted by Gasteiger charge is 2.21. The summed E-state index contributed by atoms with van der Waals surface area (Å²) in [6.07, 6.45) is -0.0423. The molecule has 0 aromatic heterocycles. The van der Waals surface area contributed by atoms with Crippen LogP contribution in [0.4, 0.5) is 4.39 Å². The van der Waals surface area contributed by atoms with Crippen LogP contribution in [0.3, 0.4) is 0 Å². The van der Waals surface area contributed by atoms with E-state index in [1.54, 1.807) is 6.07 Å². The van der Waals surface area contributed by atoms with Gasteiger partial charge in [-0.05, 0) is 19.1 Å². The van der Waals surface area contributed by atoms with Gasteiger partial charge in [0.05, 0.1) is 16.5 Å². The Kier molecular flexibility index (Phi) is 4.58. The molecule has 102 valence electrons. The van der Waals surface area contributed by atoms with E-state index in [2.05, 4.69) is 4.72 Å². The van der Waals surface area contributed by atoms with Crippen molar-refractivity contribution in [2.75, 3.05) is 6.54 Å². The van der Waals surface area contributed by atoms with Gasteiger partial charge in [-0.15, -0.1) is 0 Å². The molecule has 1 rings (SSSR count). The van der Waals surface area contributed by atoms with Crippen molar-refractivity contribution in [2.45, 2.75) is 18.2 Å². The number of benzene rings is 1. The van der Waals surface area contributed by atoms with Gasteiger partial charge >= 0.3 is 5.97 Å². The van der Waals surface area contributed by atoms with Crippen LogP contribution in [-0.4, -0.2) is 26.0 Å². The Bertz CT molecular complexity index is 649. The average molecular weight is 286 g/mol. The number of carbonyl (C=O) groups is 1. The first kappa shape index (κ1) is 15.1. The van der Waals surface area contributed by atoms with Crippen LogP contribution in [0.15, 0.2) is 17.0 Å². The number of nitrogens with one attached hydrogen (secondary N) is 1. The third-order valence-corrected chi connectivity index (χ3v) is 3.95. The second kappa shape index (κ2) is 5.77. The molecule has 0 aliphatic rings. The Morgan fingerprint density at radius 1 is 1.53 bits per heavy atom. The third kappa shape index (κ3) is 3.49. The molecule has 0 saturated carbocycles. The minimum Gasteiger partial charge on any atom is -0.478 e. The van der Waals surface area contributed by atoms with E-state index in [0.717, 1.165) is 12.1 Å². The first-order valence-corrected chi connectivity index (χ1v) is 6.68. The first-order valence-electron chi connectivity index (χ1n) is 5.19. The quantitative estimate of drug-likeness (QED) is 0.786. The minimum absolute atomic E-state index is 0.0423. The number of aromatic carboxylic acids is 1. The summed E-state index contributed by atoms with van der Waals surface area (Å²) in [4.78, 5) is 10.3. The molecular formula is C11H11FN2O4S. The number of nitriles is 1. The predicted octanol–water partition coefficient (Wildman–Crippen LogP) is 1.02. The van der Waals surface area contributed by atoms with E-state index in [9.17, 15) is 17.6 Å². The Morgan fingerprint density at radius 2 is 2.16 bits per heavy atom. The Labute approximate surface area is 109 Å². The highest BCUT2D eigenvalue weighted by Crippen LogP contribution is 2.20. The number of nitrogens with zero attached hydrogens (tertiary/aromatic N) is 1. The molecule has 0 saturated heterocycles. The summed E-state index contributed by atoms with van der Waals surface area (Å²) in [6, 6.07) is 3.39. The van der Waals surface area contributed by atoms with E-state index < -0.39 is 32.3 Å². The lowest BCUT2D eigenvalue weighted by Crippen LogP contribution is -2.26. The van der Waals surface area contributed by atoms with Gasteiger partial charge in [0.2, 0.25) is 10.0 Å². The second-order valence-corrected chi connectivity index (χ2v) is 5.43. The summed E-state index contributed by atoms with van der Waals surface area (Å²) in [5.74, 6) is -2.34. The highest BCUT2D eigenvalue weighted by atomic mass is 32.2. The van der Waals surface area contributed by atoms with Gasteiger partial charge in [0.15, 0.2) is 0 Å². The monoisotopic (exact) mass is 286 g/mol. The standard InChI is InChI=1S/C11H11FN2O4S/c1-7-9(12)5-8(11(15)16)6-10(7)19(17,18)14-4-2-3-13/h5-6,14H,2,4H2,1H3,(H,15,16). The molecule has 0 radical (unpaired) electrons. The molecule has 0 aliphatic heterocycles. The van der Waals surface area contributed by atoms with Crippen molar-refractivity contribution >= 4 is 16.0 Å². The van der Waals surface area contributed by atoms with Crippen LogP contribution in [0.25, 0.3) is 0 Å². The van der Waals surface area contributed by atoms with Crippen LogP contribution in [0.5, 0.6) is 0 Å². The predicted molar refractivity (Wildman–Crippen MR) is 63.5 cm³/mol. The van der Waals surface area contributed by atoms with Gasteiger partial charge in [0.1, 0.15) is 5.82 Å². The maximum absolute atomic E-state index is 13.5. The molecule has 1 aromatic rings. The summed E-state index contributed by atoms with van der Waals surface area (Å²) in [5.41, 5.74) is -0.627. The van der Waals surface area contributed by atoms with Crippen LogP contribution in [-0.2, 0) is 10.0 Å². The molecule has 0 amide bonds. The maximum atomic E-state index is 13.5. The first-order chi connectivity index (χ1) is 8.79. The van der Waals surface area contributed by atoms with Gasteiger partial charge in [0.25, 0.3) is 0 Å². The highest BCUT2D eigenvalue weighted by molar-refractivity contribution is 7.89. The van der Waals surface area contributed by atoms with E-state index in [1.165, 1.54) is 6.92 Å². The normalized spacial score (nSPS) is 11.0. The van der Waals surface area contributed by atoms with Crippen molar-refractivity contribution in [3.8, 4) is 6.07 Å². The summed E-state index contributed by atoms with van der Waals surface area (Å²) in [6.45, 7) is 1.11. The summed E-state index contributed by atoms with van der Waals surface area (Å²) >= 11 is 0. The number of rotatable bonds is 5. The van der Waals surface area contributed by atoms with Crippen LogP contribution in [0, 0.1) is 24.1 Å². The van der Waals surface area contributed by atoms with Crippen molar-refractivity contribution in [1.82, 2.24) is 4.72 Å². The molecule has 0 unspecified atom stereocenters. The SMILES string of the molecule is Cc1c(F)cc(C(=O)O)cc1S(=O)(=O)NCCC#N. The zero-order valence-electron chi connectivity index (χ0n) is 9.97. The molecule has 0 atom stereocenters. The zero-order valence-corrected chi connectivity index (χ0v) is 10.8. The molecule has 2 N–H and O–H groups in total. The second-order valence-electron chi connectivity index (χ2n) is 3.69. The summed E-state index contributed by atoms with van der Waals surface area (Å²) in [7, 11) is -4.05. The molecule has 8 heteroatoms. The van der Waals surface area contributed by atoms with E-state index in [4.69, 9.17) is 10.4 Å². The lowest BCUT2D eigenvalue weighted by molar-refractivity contribution is 0.0696. The number of hydrogen-bond donors (Lipinski definition) is 2.